The second kappa shape index (κ2) is 7.75. The second-order valence-electron chi connectivity index (χ2n) is 6.61. The molecule has 0 aliphatic carbocycles. The van der Waals surface area contributed by atoms with Crippen molar-refractivity contribution in [1.82, 2.24) is 20.9 Å². The molecule has 2 aliphatic heterocycles. The van der Waals surface area contributed by atoms with E-state index in [1.807, 2.05) is 6.92 Å². The summed E-state index contributed by atoms with van der Waals surface area (Å²) in [5.74, 6) is -0.317. The molecule has 0 aromatic heterocycles. The van der Waals surface area contributed by atoms with Crippen LogP contribution in [0.5, 0.6) is 11.5 Å². The molecule has 10 nitrogen and oxygen atoms in total. The van der Waals surface area contributed by atoms with Gasteiger partial charge in [-0.3, -0.25) is 19.8 Å². The molecule has 1 aromatic carbocycles. The fourth-order valence-corrected chi connectivity index (χ4v) is 2.98. The molecule has 28 heavy (non-hydrogen) atoms. The summed E-state index contributed by atoms with van der Waals surface area (Å²) in [6.45, 7) is 4.08. The van der Waals surface area contributed by atoms with Crippen LogP contribution in [0.2, 0.25) is 0 Å². The summed E-state index contributed by atoms with van der Waals surface area (Å²) < 4.78 is 11.0. The van der Waals surface area contributed by atoms with E-state index in [-0.39, 0.29) is 0 Å². The molecule has 1 saturated heterocycles. The molecule has 10 heteroatoms. The van der Waals surface area contributed by atoms with Gasteiger partial charge in [0.2, 0.25) is 5.91 Å². The molecule has 3 rings (SSSR count). The number of nitrogens with zero attached hydrogens (tertiary/aromatic N) is 1. The van der Waals surface area contributed by atoms with E-state index in [2.05, 4.69) is 16.0 Å². The van der Waals surface area contributed by atoms with Crippen LogP contribution in [0.1, 0.15) is 25.8 Å². The molecule has 0 spiro atoms. The Morgan fingerprint density at radius 1 is 1.21 bits per heavy atom. The van der Waals surface area contributed by atoms with Crippen molar-refractivity contribution >= 4 is 23.9 Å². The lowest BCUT2D eigenvalue weighted by Gasteiger charge is -2.25. The van der Waals surface area contributed by atoms with Crippen LogP contribution in [-0.2, 0) is 15.1 Å². The minimum atomic E-state index is -1.36. The molecular formula is C18H22N4O6. The van der Waals surface area contributed by atoms with Crippen LogP contribution in [0.15, 0.2) is 18.2 Å². The molecule has 6 amide bonds. The van der Waals surface area contributed by atoms with E-state index in [4.69, 9.17) is 9.47 Å². The highest BCUT2D eigenvalue weighted by Crippen LogP contribution is 2.36. The van der Waals surface area contributed by atoms with Gasteiger partial charge in [-0.1, -0.05) is 13.0 Å². The number of hydrogen-bond acceptors (Lipinski definition) is 6. The predicted molar refractivity (Wildman–Crippen MR) is 96.9 cm³/mol. The molecule has 150 valence electrons. The van der Waals surface area contributed by atoms with Gasteiger partial charge in [0.05, 0.1) is 0 Å². The van der Waals surface area contributed by atoms with E-state index >= 15 is 0 Å². The zero-order chi connectivity index (χ0) is 20.3. The number of imide groups is 2. The van der Waals surface area contributed by atoms with E-state index in [0.717, 1.165) is 4.90 Å². The van der Waals surface area contributed by atoms with Crippen molar-refractivity contribution in [2.45, 2.75) is 25.8 Å². The Labute approximate surface area is 161 Å². The minimum Gasteiger partial charge on any atom is -0.486 e. The van der Waals surface area contributed by atoms with E-state index in [1.165, 1.54) is 0 Å². The maximum atomic E-state index is 12.9. The maximum Gasteiger partial charge on any atom is 0.325 e. The van der Waals surface area contributed by atoms with Crippen LogP contribution < -0.4 is 25.4 Å². The Balaban J connectivity index is 1.72. The maximum absolute atomic E-state index is 12.9. The largest absolute Gasteiger partial charge is 0.486 e. The Bertz CT molecular complexity index is 826. The van der Waals surface area contributed by atoms with Crippen molar-refractivity contribution in [3.05, 3.63) is 23.8 Å². The highest BCUT2D eigenvalue weighted by atomic mass is 16.6. The highest BCUT2D eigenvalue weighted by Gasteiger charge is 2.49. The summed E-state index contributed by atoms with van der Waals surface area (Å²) in [5, 5.41) is 7.18. The van der Waals surface area contributed by atoms with Gasteiger partial charge in [0.15, 0.2) is 11.5 Å². The molecule has 0 bridgehead atoms. The number of urea groups is 2. The molecular weight excluding hydrogens is 368 g/mol. The van der Waals surface area contributed by atoms with Crippen LogP contribution in [0.25, 0.3) is 0 Å². The zero-order valence-electron chi connectivity index (χ0n) is 15.7. The summed E-state index contributed by atoms with van der Waals surface area (Å²) in [6, 6.07) is 3.57. The lowest BCUT2D eigenvalue weighted by Crippen LogP contribution is -2.47. The van der Waals surface area contributed by atoms with Crippen molar-refractivity contribution in [3.63, 3.8) is 0 Å². The first-order valence-corrected chi connectivity index (χ1v) is 8.97. The van der Waals surface area contributed by atoms with Gasteiger partial charge in [0, 0.05) is 6.54 Å². The molecule has 2 heterocycles. The van der Waals surface area contributed by atoms with E-state index in [0.29, 0.717) is 43.2 Å². The second-order valence-corrected chi connectivity index (χ2v) is 6.61. The van der Waals surface area contributed by atoms with Gasteiger partial charge >= 0.3 is 12.1 Å². The highest BCUT2D eigenvalue weighted by molar-refractivity contribution is 6.10. The first-order valence-electron chi connectivity index (χ1n) is 8.97. The van der Waals surface area contributed by atoms with E-state index < -0.39 is 36.0 Å². The Kier molecular flexibility index (Phi) is 5.39. The smallest absolute Gasteiger partial charge is 0.325 e. The number of rotatable bonds is 5. The van der Waals surface area contributed by atoms with Crippen molar-refractivity contribution < 1.29 is 28.7 Å². The number of ether oxygens (including phenoxy) is 2. The lowest BCUT2D eigenvalue weighted by molar-refractivity contribution is -0.134. The average molecular weight is 390 g/mol. The Morgan fingerprint density at radius 3 is 2.64 bits per heavy atom. The number of hydrogen-bond donors (Lipinski definition) is 3. The van der Waals surface area contributed by atoms with Crippen LogP contribution in [-0.4, -0.2) is 55.1 Å². The third-order valence-electron chi connectivity index (χ3n) is 4.48. The topological polar surface area (TPSA) is 126 Å². The summed E-state index contributed by atoms with van der Waals surface area (Å²) in [4.78, 5) is 49.6. The Hall–Kier alpha value is -3.30. The van der Waals surface area contributed by atoms with E-state index in [1.54, 1.807) is 25.1 Å². The third-order valence-corrected chi connectivity index (χ3v) is 4.48. The normalized spacial score (nSPS) is 20.6. The molecule has 1 aromatic rings. The Morgan fingerprint density at radius 2 is 1.93 bits per heavy atom. The monoisotopic (exact) mass is 390 g/mol. The third kappa shape index (κ3) is 3.71. The summed E-state index contributed by atoms with van der Waals surface area (Å²) in [5.41, 5.74) is -0.865. The number of benzene rings is 1. The average Bonchev–Trinajstić information content (AvgIpc) is 2.90. The van der Waals surface area contributed by atoms with Gasteiger partial charge in [-0.2, -0.15) is 0 Å². The first kappa shape index (κ1) is 19.5. The fraction of sp³-hybridized carbons (Fsp3) is 0.444. The van der Waals surface area contributed by atoms with Gasteiger partial charge in [-0.25, -0.2) is 9.59 Å². The SMILES string of the molecule is CCCNC(=O)NC(=O)CN1C(=O)N[C@](C)(c2ccc3c(c2)OCCO3)C1=O. The quantitative estimate of drug-likeness (QED) is 0.627. The van der Waals surface area contributed by atoms with Crippen LogP contribution in [0.4, 0.5) is 9.59 Å². The molecule has 1 fully saturated rings. The molecule has 0 saturated carbocycles. The van der Waals surface area contributed by atoms with Gasteiger partial charge in [0.25, 0.3) is 5.91 Å². The number of nitrogens with one attached hydrogen (secondary N) is 3. The van der Waals surface area contributed by atoms with Crippen molar-refractivity contribution in [2.75, 3.05) is 26.3 Å². The predicted octanol–water partition coefficient (Wildman–Crippen LogP) is 0.461. The van der Waals surface area contributed by atoms with Gasteiger partial charge in [0.1, 0.15) is 25.3 Å². The van der Waals surface area contributed by atoms with Gasteiger partial charge in [-0.05, 0) is 31.0 Å². The summed E-state index contributed by atoms with van der Waals surface area (Å²) >= 11 is 0. The lowest BCUT2D eigenvalue weighted by atomic mass is 9.91. The molecule has 0 radical (unpaired) electrons. The van der Waals surface area contributed by atoms with Crippen LogP contribution >= 0.6 is 0 Å². The standard InChI is InChI=1S/C18H22N4O6/c1-3-6-19-16(25)20-14(23)10-22-15(24)18(2,21-17(22)26)11-4-5-12-13(9-11)28-8-7-27-12/h4-5,9H,3,6-8,10H2,1-2H3,(H,21,26)(H2,19,20,23,25)/t18-/m1/s1. The molecule has 3 N–H and O–H groups in total. The van der Waals surface area contributed by atoms with Gasteiger partial charge < -0.3 is 20.1 Å². The van der Waals surface area contributed by atoms with Crippen LogP contribution in [0.3, 0.4) is 0 Å². The fourth-order valence-electron chi connectivity index (χ4n) is 2.98. The number of amides is 6. The van der Waals surface area contributed by atoms with Crippen molar-refractivity contribution in [3.8, 4) is 11.5 Å². The van der Waals surface area contributed by atoms with Crippen molar-refractivity contribution in [2.24, 2.45) is 0 Å². The van der Waals surface area contributed by atoms with Crippen LogP contribution in [0, 0.1) is 0 Å². The first-order chi connectivity index (χ1) is 13.3. The zero-order valence-corrected chi connectivity index (χ0v) is 15.7. The molecule has 0 unspecified atom stereocenters. The number of fused-ring (bicyclic) bond motifs is 1. The summed E-state index contributed by atoms with van der Waals surface area (Å²) in [7, 11) is 0. The number of carbonyl (C=O) groups is 4. The van der Waals surface area contributed by atoms with Gasteiger partial charge in [-0.15, -0.1) is 0 Å². The van der Waals surface area contributed by atoms with E-state index in [9.17, 15) is 19.2 Å². The minimum absolute atomic E-state index is 0.389. The summed E-state index contributed by atoms with van der Waals surface area (Å²) in [6.07, 6.45) is 0.711. The molecule has 1 atom stereocenters. The van der Waals surface area contributed by atoms with Crippen molar-refractivity contribution in [1.29, 1.82) is 0 Å². The number of carbonyl (C=O) groups excluding carboxylic acids is 4. The molecule has 2 aliphatic rings.